The van der Waals surface area contributed by atoms with Gasteiger partial charge in [0.15, 0.2) is 5.43 Å². The van der Waals surface area contributed by atoms with Gasteiger partial charge in [0.05, 0.1) is 39.4 Å². The van der Waals surface area contributed by atoms with Gasteiger partial charge >= 0.3 is 0 Å². The molecular weight excluding hydrogens is 420 g/mol. The van der Waals surface area contributed by atoms with Crippen molar-refractivity contribution in [1.29, 1.82) is 0 Å². The maximum Gasteiger partial charge on any atom is 0.193 e. The number of rotatable bonds is 7. The first-order valence-electron chi connectivity index (χ1n) is 10.3. The molecule has 0 spiro atoms. The van der Waals surface area contributed by atoms with Crippen LogP contribution in [0.1, 0.15) is 11.1 Å². The summed E-state index contributed by atoms with van der Waals surface area (Å²) in [5.74, 6) is 2.92. The smallest absolute Gasteiger partial charge is 0.193 e. The molecule has 0 atom stereocenters. The molecule has 0 aliphatic rings. The van der Waals surface area contributed by atoms with Crippen molar-refractivity contribution < 1.29 is 23.4 Å². The predicted molar refractivity (Wildman–Crippen MR) is 129 cm³/mol. The van der Waals surface area contributed by atoms with Crippen LogP contribution in [-0.2, 0) is 0 Å². The zero-order valence-electron chi connectivity index (χ0n) is 18.9. The standard InChI is InChI=1S/C27H24O6/c1-29-19-9-6-17(7-10-19)5-8-18-13-21(31-3)15-25(32-4)27(18)26-16-23(28)22-14-20(30-2)11-12-24(22)33-26/h5-16H,1-4H3. The van der Waals surface area contributed by atoms with E-state index in [1.165, 1.54) is 6.07 Å². The largest absolute Gasteiger partial charge is 0.497 e. The minimum Gasteiger partial charge on any atom is -0.497 e. The van der Waals surface area contributed by atoms with E-state index in [4.69, 9.17) is 23.4 Å². The average Bonchev–Trinajstić information content (AvgIpc) is 2.86. The van der Waals surface area contributed by atoms with E-state index in [0.717, 1.165) is 16.9 Å². The molecule has 1 heterocycles. The van der Waals surface area contributed by atoms with Gasteiger partial charge in [-0.25, -0.2) is 0 Å². The van der Waals surface area contributed by atoms with Crippen LogP contribution in [-0.4, -0.2) is 28.4 Å². The van der Waals surface area contributed by atoms with Gasteiger partial charge in [-0.05, 0) is 47.5 Å². The second kappa shape index (κ2) is 9.53. The normalized spacial score (nSPS) is 11.0. The number of hydrogen-bond donors (Lipinski definition) is 0. The van der Waals surface area contributed by atoms with E-state index in [-0.39, 0.29) is 5.43 Å². The fraction of sp³-hybridized carbons (Fsp3) is 0.148. The molecule has 0 bridgehead atoms. The average molecular weight is 444 g/mol. The summed E-state index contributed by atoms with van der Waals surface area (Å²) in [4.78, 5) is 12.9. The molecule has 0 saturated carbocycles. The van der Waals surface area contributed by atoms with Crippen LogP contribution in [0.25, 0.3) is 34.4 Å². The highest BCUT2D eigenvalue weighted by molar-refractivity contribution is 5.86. The minimum atomic E-state index is -0.173. The van der Waals surface area contributed by atoms with E-state index in [2.05, 4.69) is 0 Å². The first kappa shape index (κ1) is 22.0. The van der Waals surface area contributed by atoms with Gasteiger partial charge in [0, 0.05) is 12.1 Å². The van der Waals surface area contributed by atoms with Crippen molar-refractivity contribution in [3.63, 3.8) is 0 Å². The Morgan fingerprint density at radius 1 is 0.697 bits per heavy atom. The van der Waals surface area contributed by atoms with Gasteiger partial charge in [0.2, 0.25) is 0 Å². The van der Waals surface area contributed by atoms with Gasteiger partial charge in [-0.3, -0.25) is 4.79 Å². The lowest BCUT2D eigenvalue weighted by Gasteiger charge is -2.14. The van der Waals surface area contributed by atoms with Gasteiger partial charge in [0.1, 0.15) is 34.3 Å². The Hall–Kier alpha value is -4.19. The quantitative estimate of drug-likeness (QED) is 0.343. The Bertz CT molecular complexity index is 1370. The molecule has 4 aromatic rings. The van der Waals surface area contributed by atoms with Gasteiger partial charge in [-0.2, -0.15) is 0 Å². The van der Waals surface area contributed by atoms with Crippen LogP contribution in [0.5, 0.6) is 23.0 Å². The van der Waals surface area contributed by atoms with Crippen molar-refractivity contribution in [3.05, 3.63) is 82.0 Å². The predicted octanol–water partition coefficient (Wildman–Crippen LogP) is 5.66. The lowest BCUT2D eigenvalue weighted by Crippen LogP contribution is -2.02. The highest BCUT2D eigenvalue weighted by Crippen LogP contribution is 2.39. The molecule has 6 nitrogen and oxygen atoms in total. The van der Waals surface area contributed by atoms with Crippen LogP contribution in [0, 0.1) is 0 Å². The maximum absolute atomic E-state index is 12.9. The second-order valence-corrected chi connectivity index (χ2v) is 7.24. The molecule has 6 heteroatoms. The number of fused-ring (bicyclic) bond motifs is 1. The van der Waals surface area contributed by atoms with Gasteiger partial charge in [-0.15, -0.1) is 0 Å². The summed E-state index contributed by atoms with van der Waals surface area (Å²) >= 11 is 0. The topological polar surface area (TPSA) is 67.1 Å². The van der Waals surface area contributed by atoms with Crippen molar-refractivity contribution in [2.75, 3.05) is 28.4 Å². The van der Waals surface area contributed by atoms with Gasteiger partial charge in [0.25, 0.3) is 0 Å². The van der Waals surface area contributed by atoms with E-state index in [1.807, 2.05) is 42.5 Å². The molecule has 0 aliphatic carbocycles. The van der Waals surface area contributed by atoms with Crippen LogP contribution in [0.4, 0.5) is 0 Å². The van der Waals surface area contributed by atoms with Gasteiger partial charge in [-0.1, -0.05) is 24.3 Å². The Morgan fingerprint density at radius 3 is 2.06 bits per heavy atom. The van der Waals surface area contributed by atoms with Crippen LogP contribution in [0.3, 0.4) is 0 Å². The number of methoxy groups -OCH3 is 4. The summed E-state index contributed by atoms with van der Waals surface area (Å²) < 4.78 is 27.7. The molecule has 1 aromatic heterocycles. The summed E-state index contributed by atoms with van der Waals surface area (Å²) in [6.45, 7) is 0. The van der Waals surface area contributed by atoms with Crippen LogP contribution in [0.2, 0.25) is 0 Å². The molecule has 0 saturated heterocycles. The van der Waals surface area contributed by atoms with Crippen LogP contribution in [0.15, 0.2) is 69.9 Å². The molecule has 0 N–H and O–H groups in total. The second-order valence-electron chi connectivity index (χ2n) is 7.24. The Kier molecular flexibility index (Phi) is 6.36. The summed E-state index contributed by atoms with van der Waals surface area (Å²) in [7, 11) is 6.35. The molecule has 0 radical (unpaired) electrons. The summed E-state index contributed by atoms with van der Waals surface area (Å²) in [5.41, 5.74) is 2.70. The third-order valence-electron chi connectivity index (χ3n) is 5.31. The van der Waals surface area contributed by atoms with E-state index in [0.29, 0.717) is 39.5 Å². The van der Waals surface area contributed by atoms with E-state index in [9.17, 15) is 4.79 Å². The minimum absolute atomic E-state index is 0.173. The first-order valence-corrected chi connectivity index (χ1v) is 10.3. The molecule has 0 aliphatic heterocycles. The van der Waals surface area contributed by atoms with Crippen molar-refractivity contribution in [1.82, 2.24) is 0 Å². The summed E-state index contributed by atoms with van der Waals surface area (Å²) in [6.07, 6.45) is 3.89. The maximum atomic E-state index is 12.9. The van der Waals surface area contributed by atoms with Crippen LogP contribution < -0.4 is 24.4 Å². The fourth-order valence-electron chi connectivity index (χ4n) is 3.57. The molecule has 3 aromatic carbocycles. The molecule has 4 rings (SSSR count). The lowest BCUT2D eigenvalue weighted by atomic mass is 10.0. The molecule has 33 heavy (non-hydrogen) atoms. The zero-order valence-corrected chi connectivity index (χ0v) is 18.9. The number of benzene rings is 3. The molecule has 0 fully saturated rings. The van der Waals surface area contributed by atoms with Crippen molar-refractivity contribution in [2.45, 2.75) is 0 Å². The third-order valence-corrected chi connectivity index (χ3v) is 5.31. The summed E-state index contributed by atoms with van der Waals surface area (Å²) in [5, 5.41) is 0.445. The van der Waals surface area contributed by atoms with Crippen LogP contribution >= 0.6 is 0 Å². The molecule has 0 amide bonds. The summed E-state index contributed by atoms with van der Waals surface area (Å²) in [6, 6.07) is 17.9. The molecule has 0 unspecified atom stereocenters. The Labute approximate surface area is 191 Å². The third kappa shape index (κ3) is 4.55. The zero-order chi connectivity index (χ0) is 23.4. The van der Waals surface area contributed by atoms with Gasteiger partial charge < -0.3 is 23.4 Å². The molecular formula is C27H24O6. The van der Waals surface area contributed by atoms with E-state index < -0.39 is 0 Å². The van der Waals surface area contributed by atoms with Crippen molar-refractivity contribution in [3.8, 4) is 34.3 Å². The SMILES string of the molecule is COc1ccc(C=Cc2cc(OC)cc(OC)c2-c2cc(=O)c3cc(OC)ccc3o2)cc1. The lowest BCUT2D eigenvalue weighted by molar-refractivity contribution is 0.394. The Balaban J connectivity index is 1.88. The Morgan fingerprint density at radius 2 is 1.39 bits per heavy atom. The highest BCUT2D eigenvalue weighted by Gasteiger charge is 2.17. The number of hydrogen-bond acceptors (Lipinski definition) is 6. The first-order chi connectivity index (χ1) is 16.1. The van der Waals surface area contributed by atoms with E-state index >= 15 is 0 Å². The van der Waals surface area contributed by atoms with Crippen molar-refractivity contribution in [2.24, 2.45) is 0 Å². The fourth-order valence-corrected chi connectivity index (χ4v) is 3.57. The van der Waals surface area contributed by atoms with E-state index in [1.54, 1.807) is 52.7 Å². The monoisotopic (exact) mass is 444 g/mol. The molecule has 168 valence electrons. The number of ether oxygens (including phenoxy) is 4. The highest BCUT2D eigenvalue weighted by atomic mass is 16.5. The van der Waals surface area contributed by atoms with Crippen molar-refractivity contribution >= 4 is 23.1 Å².